The Bertz CT molecular complexity index is 1530. The van der Waals surface area contributed by atoms with E-state index in [1.807, 2.05) is 0 Å². The summed E-state index contributed by atoms with van der Waals surface area (Å²) in [5.74, 6) is -0.872. The SMILES string of the molecule is CC/C=C\C/C=C\C/C=C\C/C=C\C/C=C\CCCCCCCCCCCC(=O)OC(COC(=O)CCCCCCCCC)COC(=O)CCCCCCCCCCCCCCCCCCCCC/C=C\C/C=C\CCCCCCC. The number of hydrogen-bond acceptors (Lipinski definition) is 6. The van der Waals surface area contributed by atoms with E-state index in [0.717, 1.165) is 103 Å². The fourth-order valence-electron chi connectivity index (χ4n) is 10.2. The summed E-state index contributed by atoms with van der Waals surface area (Å²) in [5.41, 5.74) is 0. The van der Waals surface area contributed by atoms with Gasteiger partial charge in [-0.15, -0.1) is 0 Å². The normalized spacial score (nSPS) is 12.6. The lowest BCUT2D eigenvalue weighted by Crippen LogP contribution is -2.30. The largest absolute Gasteiger partial charge is 0.462 e. The minimum Gasteiger partial charge on any atom is -0.462 e. The third kappa shape index (κ3) is 67.3. The molecule has 0 aromatic heterocycles. The van der Waals surface area contributed by atoms with Gasteiger partial charge in [0.05, 0.1) is 0 Å². The fourth-order valence-corrected chi connectivity index (χ4v) is 10.2. The van der Waals surface area contributed by atoms with Crippen molar-refractivity contribution in [3.8, 4) is 0 Å². The molecule has 0 saturated carbocycles. The van der Waals surface area contributed by atoms with Gasteiger partial charge >= 0.3 is 17.9 Å². The lowest BCUT2D eigenvalue weighted by Gasteiger charge is -2.18. The topological polar surface area (TPSA) is 78.9 Å². The van der Waals surface area contributed by atoms with Crippen LogP contribution < -0.4 is 0 Å². The Labute approximate surface area is 503 Å². The Kier molecular flexibility index (Phi) is 66.2. The first kappa shape index (κ1) is 77.6. The van der Waals surface area contributed by atoms with Crippen LogP contribution in [-0.4, -0.2) is 37.2 Å². The third-order valence-corrected chi connectivity index (χ3v) is 15.4. The molecule has 6 heteroatoms. The predicted octanol–water partition coefficient (Wildman–Crippen LogP) is 24.2. The van der Waals surface area contributed by atoms with Gasteiger partial charge in [0.1, 0.15) is 13.2 Å². The molecule has 1 atom stereocenters. The summed E-state index contributed by atoms with van der Waals surface area (Å²) in [6.45, 7) is 6.51. The molecule has 81 heavy (non-hydrogen) atoms. The van der Waals surface area contributed by atoms with E-state index in [2.05, 4.69) is 106 Å². The van der Waals surface area contributed by atoms with E-state index in [1.165, 1.54) is 212 Å². The maximum Gasteiger partial charge on any atom is 0.306 e. The summed E-state index contributed by atoms with van der Waals surface area (Å²) in [6.07, 6.45) is 92.1. The van der Waals surface area contributed by atoms with Crippen LogP contribution >= 0.6 is 0 Å². The maximum atomic E-state index is 12.9. The molecular formula is C75H132O6. The Morgan fingerprint density at radius 1 is 0.259 bits per heavy atom. The summed E-state index contributed by atoms with van der Waals surface area (Å²) in [6, 6.07) is 0. The molecule has 0 spiro atoms. The molecule has 0 aliphatic carbocycles. The average molecular weight is 1130 g/mol. The molecule has 0 N–H and O–H groups in total. The third-order valence-electron chi connectivity index (χ3n) is 15.4. The number of unbranched alkanes of at least 4 members (excludes halogenated alkanes) is 39. The summed E-state index contributed by atoms with van der Waals surface area (Å²) in [4.78, 5) is 38.2. The summed E-state index contributed by atoms with van der Waals surface area (Å²) < 4.78 is 16.9. The highest BCUT2D eigenvalue weighted by atomic mass is 16.6. The second-order valence-electron chi connectivity index (χ2n) is 23.4. The summed E-state index contributed by atoms with van der Waals surface area (Å²) >= 11 is 0. The predicted molar refractivity (Wildman–Crippen MR) is 353 cm³/mol. The standard InChI is InChI=1S/C75H132O6/c1-4-7-10-13-16-18-20-22-24-26-28-30-32-34-35-36-37-38-39-41-42-44-46-48-50-52-54-56-59-62-65-68-74(77)80-71-72(70-79-73(76)67-64-61-58-15-12-9-6-3)81-75(78)69-66-63-60-57-55-53-51-49-47-45-43-40-33-31-29-27-25-23-21-19-17-14-11-8-5-2/h8,11,17,19-20,22-23,25-26,28-29,31,40,43,72H,4-7,9-10,12-16,18,21,24,27,30,32-39,41-42,44-71H2,1-3H3/b11-8-,19-17-,22-20-,25-23-,28-26-,31-29-,43-40-. The molecule has 0 heterocycles. The van der Waals surface area contributed by atoms with Crippen LogP contribution in [0.2, 0.25) is 0 Å². The van der Waals surface area contributed by atoms with Crippen molar-refractivity contribution in [1.82, 2.24) is 0 Å². The number of ether oxygens (including phenoxy) is 3. The first-order valence-electron chi connectivity index (χ1n) is 35.1. The van der Waals surface area contributed by atoms with Crippen molar-refractivity contribution in [2.24, 2.45) is 0 Å². The van der Waals surface area contributed by atoms with Gasteiger partial charge in [-0.2, -0.15) is 0 Å². The van der Waals surface area contributed by atoms with Crippen molar-refractivity contribution in [3.63, 3.8) is 0 Å². The molecular weight excluding hydrogens is 997 g/mol. The lowest BCUT2D eigenvalue weighted by atomic mass is 10.0. The Balaban J connectivity index is 4.05. The molecule has 0 radical (unpaired) electrons. The highest BCUT2D eigenvalue weighted by Crippen LogP contribution is 2.18. The molecule has 0 rings (SSSR count). The van der Waals surface area contributed by atoms with Gasteiger partial charge in [-0.1, -0.05) is 324 Å². The molecule has 468 valence electrons. The van der Waals surface area contributed by atoms with E-state index < -0.39 is 6.10 Å². The second kappa shape index (κ2) is 69.1. The van der Waals surface area contributed by atoms with Gasteiger partial charge in [0.15, 0.2) is 6.10 Å². The maximum absolute atomic E-state index is 12.9. The smallest absolute Gasteiger partial charge is 0.306 e. The zero-order valence-corrected chi connectivity index (χ0v) is 53.8. The molecule has 1 unspecified atom stereocenters. The van der Waals surface area contributed by atoms with Crippen molar-refractivity contribution in [1.29, 1.82) is 0 Å². The van der Waals surface area contributed by atoms with Gasteiger partial charge in [-0.25, -0.2) is 0 Å². The van der Waals surface area contributed by atoms with E-state index in [0.29, 0.717) is 19.3 Å². The van der Waals surface area contributed by atoms with Crippen molar-refractivity contribution in [3.05, 3.63) is 85.1 Å². The van der Waals surface area contributed by atoms with Crippen molar-refractivity contribution in [2.45, 2.75) is 361 Å². The number of carbonyl (C=O) groups excluding carboxylic acids is 3. The van der Waals surface area contributed by atoms with E-state index in [9.17, 15) is 14.4 Å². The zero-order valence-electron chi connectivity index (χ0n) is 53.8. The first-order valence-corrected chi connectivity index (χ1v) is 35.1. The zero-order chi connectivity index (χ0) is 58.5. The van der Waals surface area contributed by atoms with Crippen molar-refractivity contribution < 1.29 is 28.6 Å². The van der Waals surface area contributed by atoms with Crippen LogP contribution in [0.1, 0.15) is 355 Å². The molecule has 0 amide bonds. The van der Waals surface area contributed by atoms with Gasteiger partial charge < -0.3 is 14.2 Å². The van der Waals surface area contributed by atoms with Crippen LogP contribution in [0.15, 0.2) is 85.1 Å². The van der Waals surface area contributed by atoms with Crippen molar-refractivity contribution in [2.75, 3.05) is 13.2 Å². The highest BCUT2D eigenvalue weighted by Gasteiger charge is 2.19. The van der Waals surface area contributed by atoms with Gasteiger partial charge in [0, 0.05) is 19.3 Å². The second-order valence-corrected chi connectivity index (χ2v) is 23.4. The molecule has 0 aromatic rings. The Morgan fingerprint density at radius 2 is 0.481 bits per heavy atom. The number of esters is 3. The van der Waals surface area contributed by atoms with Crippen LogP contribution in [-0.2, 0) is 28.6 Å². The molecule has 0 bridgehead atoms. The van der Waals surface area contributed by atoms with Gasteiger partial charge in [-0.05, 0) is 96.3 Å². The Morgan fingerprint density at radius 3 is 0.753 bits per heavy atom. The summed E-state index contributed by atoms with van der Waals surface area (Å²) in [7, 11) is 0. The molecule has 0 aliphatic rings. The van der Waals surface area contributed by atoms with Gasteiger partial charge in [0.2, 0.25) is 0 Å². The number of allylic oxidation sites excluding steroid dienone is 14. The van der Waals surface area contributed by atoms with Gasteiger partial charge in [-0.3, -0.25) is 14.4 Å². The molecule has 6 nitrogen and oxygen atoms in total. The number of rotatable bonds is 64. The first-order chi connectivity index (χ1) is 40.0. The van der Waals surface area contributed by atoms with E-state index in [4.69, 9.17) is 14.2 Å². The van der Waals surface area contributed by atoms with Gasteiger partial charge in [0.25, 0.3) is 0 Å². The van der Waals surface area contributed by atoms with E-state index in [-0.39, 0.29) is 31.1 Å². The van der Waals surface area contributed by atoms with Crippen LogP contribution in [0.3, 0.4) is 0 Å². The number of carbonyl (C=O) groups is 3. The minimum atomic E-state index is -0.777. The molecule has 0 fully saturated rings. The van der Waals surface area contributed by atoms with Crippen LogP contribution in [0.25, 0.3) is 0 Å². The highest BCUT2D eigenvalue weighted by molar-refractivity contribution is 5.71. The minimum absolute atomic E-state index is 0.0750. The van der Waals surface area contributed by atoms with Crippen LogP contribution in [0, 0.1) is 0 Å². The molecule has 0 aliphatic heterocycles. The molecule has 0 saturated heterocycles. The van der Waals surface area contributed by atoms with Crippen molar-refractivity contribution >= 4 is 17.9 Å². The monoisotopic (exact) mass is 1130 g/mol. The lowest BCUT2D eigenvalue weighted by molar-refractivity contribution is -0.167. The quantitative estimate of drug-likeness (QED) is 0.0261. The average Bonchev–Trinajstić information content (AvgIpc) is 3.46. The molecule has 0 aromatic carbocycles. The van der Waals surface area contributed by atoms with Crippen LogP contribution in [0.5, 0.6) is 0 Å². The Hall–Kier alpha value is -3.41. The van der Waals surface area contributed by atoms with Crippen LogP contribution in [0.4, 0.5) is 0 Å². The number of hydrogen-bond donors (Lipinski definition) is 0. The van der Waals surface area contributed by atoms with E-state index in [1.54, 1.807) is 0 Å². The fraction of sp³-hybridized carbons (Fsp3) is 0.773. The summed E-state index contributed by atoms with van der Waals surface area (Å²) in [5, 5.41) is 0. The van der Waals surface area contributed by atoms with E-state index >= 15 is 0 Å².